The third-order valence-corrected chi connectivity index (χ3v) is 1.80. The van der Waals surface area contributed by atoms with Crippen LogP contribution in [-0.4, -0.2) is 0 Å². The second-order valence-electron chi connectivity index (χ2n) is 2.55. The first-order valence-electron chi connectivity index (χ1n) is 3.77. The molecule has 1 aromatic carbocycles. The summed E-state index contributed by atoms with van der Waals surface area (Å²) in [6, 6.07) is 6.15. The van der Waals surface area contributed by atoms with Crippen molar-refractivity contribution in [2.45, 2.75) is 13.3 Å². The molecule has 0 spiro atoms. The lowest BCUT2D eigenvalue weighted by molar-refractivity contribution is 1.13. The highest BCUT2D eigenvalue weighted by Crippen LogP contribution is 1.91. The topological polar surface area (TPSA) is 26.0 Å². The predicted molar refractivity (Wildman–Crippen MR) is 49.2 cm³/mol. The van der Waals surface area contributed by atoms with Crippen molar-refractivity contribution in [3.8, 4) is 0 Å². The number of hydrogen-bond acceptors (Lipinski definition) is 1. The van der Waals surface area contributed by atoms with Gasteiger partial charge in [-0.1, -0.05) is 25.6 Å². The zero-order chi connectivity index (χ0) is 8.27. The summed E-state index contributed by atoms with van der Waals surface area (Å²) in [4.78, 5) is 0. The maximum absolute atomic E-state index is 5.41. The Morgan fingerprint density at radius 1 is 1.55 bits per heavy atom. The minimum Gasteiger partial charge on any atom is -0.404 e. The normalized spacial score (nSPS) is 11.9. The quantitative estimate of drug-likeness (QED) is 0.609. The lowest BCUT2D eigenvalue weighted by atomic mass is 10.1. The molecular formula is C10H13N. The molecule has 2 N–H and O–H groups in total. The van der Waals surface area contributed by atoms with E-state index in [9.17, 15) is 0 Å². The summed E-state index contributed by atoms with van der Waals surface area (Å²) in [5.74, 6) is 0. The van der Waals surface area contributed by atoms with Crippen molar-refractivity contribution in [1.29, 1.82) is 0 Å². The summed E-state index contributed by atoms with van der Waals surface area (Å²) in [5, 5.41) is 2.02. The van der Waals surface area contributed by atoms with Crippen LogP contribution in [0.25, 0.3) is 12.8 Å². The predicted octanol–water partition coefficient (Wildman–Crippen LogP) is 0.356. The van der Waals surface area contributed by atoms with Crippen LogP contribution in [0.2, 0.25) is 0 Å². The van der Waals surface area contributed by atoms with E-state index in [1.807, 2.05) is 6.07 Å². The van der Waals surface area contributed by atoms with E-state index < -0.39 is 0 Å². The lowest BCUT2D eigenvalue weighted by Crippen LogP contribution is -2.24. The molecule has 0 radical (unpaired) electrons. The molecule has 1 heteroatoms. The molecule has 0 fully saturated rings. The summed E-state index contributed by atoms with van der Waals surface area (Å²) in [7, 11) is 0. The van der Waals surface area contributed by atoms with Crippen LogP contribution in [0, 0.1) is 0 Å². The molecule has 0 unspecified atom stereocenters. The highest BCUT2D eigenvalue weighted by atomic mass is 14.5. The van der Waals surface area contributed by atoms with E-state index in [-0.39, 0.29) is 0 Å². The third kappa shape index (κ3) is 1.61. The Morgan fingerprint density at radius 3 is 2.82 bits per heavy atom. The van der Waals surface area contributed by atoms with Crippen LogP contribution in [0.3, 0.4) is 0 Å². The summed E-state index contributed by atoms with van der Waals surface area (Å²) in [6.07, 6.45) is 2.64. The van der Waals surface area contributed by atoms with Crippen molar-refractivity contribution >= 4 is 12.8 Å². The molecule has 0 saturated heterocycles. The van der Waals surface area contributed by atoms with Crippen molar-refractivity contribution in [1.82, 2.24) is 0 Å². The minimum atomic E-state index is 0.990. The van der Waals surface area contributed by atoms with Crippen molar-refractivity contribution < 1.29 is 0 Å². The Balaban J connectivity index is 3.36. The van der Waals surface area contributed by atoms with Crippen molar-refractivity contribution in [2.75, 3.05) is 0 Å². The molecule has 0 amide bonds. The molecule has 0 bridgehead atoms. The van der Waals surface area contributed by atoms with Gasteiger partial charge in [0.25, 0.3) is 0 Å². The third-order valence-electron chi connectivity index (χ3n) is 1.80. The molecule has 0 aliphatic heterocycles. The Morgan fingerprint density at radius 2 is 2.27 bits per heavy atom. The summed E-state index contributed by atoms with van der Waals surface area (Å²) >= 11 is 0. The zero-order valence-electron chi connectivity index (χ0n) is 6.80. The van der Waals surface area contributed by atoms with Gasteiger partial charge < -0.3 is 5.73 Å². The molecule has 0 aliphatic carbocycles. The molecule has 1 rings (SSSR count). The summed E-state index contributed by atoms with van der Waals surface area (Å²) in [6.45, 7) is 5.98. The fourth-order valence-corrected chi connectivity index (χ4v) is 1.02. The van der Waals surface area contributed by atoms with E-state index in [4.69, 9.17) is 5.73 Å². The number of aryl methyl sites for hydroxylation is 1. The molecule has 0 saturated carbocycles. The lowest BCUT2D eigenvalue weighted by Gasteiger charge is -1.94. The van der Waals surface area contributed by atoms with Gasteiger partial charge in [0, 0.05) is 6.20 Å². The molecule has 0 heterocycles. The van der Waals surface area contributed by atoms with Crippen molar-refractivity contribution in [2.24, 2.45) is 5.73 Å². The van der Waals surface area contributed by atoms with Gasteiger partial charge in [0.2, 0.25) is 0 Å². The molecule has 0 atom stereocenters. The van der Waals surface area contributed by atoms with Crippen LogP contribution < -0.4 is 16.2 Å². The van der Waals surface area contributed by atoms with Gasteiger partial charge in [0.1, 0.15) is 0 Å². The van der Waals surface area contributed by atoms with Crippen LogP contribution in [-0.2, 0) is 6.42 Å². The van der Waals surface area contributed by atoms with Crippen molar-refractivity contribution in [3.63, 3.8) is 0 Å². The van der Waals surface area contributed by atoms with E-state index >= 15 is 0 Å². The zero-order valence-corrected chi connectivity index (χ0v) is 6.80. The van der Waals surface area contributed by atoms with Gasteiger partial charge in [0.05, 0.1) is 0 Å². The number of rotatable bonds is 1. The monoisotopic (exact) mass is 147 g/mol. The molecule has 0 aromatic heterocycles. The Hall–Kier alpha value is -1.24. The van der Waals surface area contributed by atoms with Gasteiger partial charge in [-0.05, 0) is 28.5 Å². The Labute approximate surface area is 66.9 Å². The van der Waals surface area contributed by atoms with Crippen LogP contribution in [0.4, 0.5) is 0 Å². The first kappa shape index (κ1) is 7.86. The second kappa shape index (κ2) is 3.24. The fraction of sp³-hybridized carbons (Fsp3) is 0.200. The molecule has 0 aliphatic rings. The van der Waals surface area contributed by atoms with Crippen molar-refractivity contribution in [3.05, 3.63) is 34.2 Å². The van der Waals surface area contributed by atoms with Gasteiger partial charge in [-0.3, -0.25) is 0 Å². The largest absolute Gasteiger partial charge is 0.404 e. The average molecular weight is 147 g/mol. The summed E-state index contributed by atoms with van der Waals surface area (Å²) < 4.78 is 0. The maximum atomic E-state index is 5.41. The van der Waals surface area contributed by atoms with E-state index in [1.54, 1.807) is 6.20 Å². The molecule has 1 aromatic rings. The van der Waals surface area contributed by atoms with E-state index in [0.717, 1.165) is 16.9 Å². The highest BCUT2D eigenvalue weighted by molar-refractivity contribution is 5.27. The average Bonchev–Trinajstić information content (AvgIpc) is 2.05. The molecule has 1 nitrogen and oxygen atoms in total. The van der Waals surface area contributed by atoms with Crippen LogP contribution in [0.1, 0.15) is 12.5 Å². The van der Waals surface area contributed by atoms with E-state index in [0.29, 0.717) is 0 Å². The SMILES string of the molecule is C=c1ccc(CC)c/c1=C/N. The van der Waals surface area contributed by atoms with Crippen LogP contribution in [0.15, 0.2) is 18.2 Å². The first-order chi connectivity index (χ1) is 5.27. The second-order valence-corrected chi connectivity index (χ2v) is 2.55. The summed E-state index contributed by atoms with van der Waals surface area (Å²) in [5.41, 5.74) is 6.71. The fourth-order valence-electron chi connectivity index (χ4n) is 1.02. The highest BCUT2D eigenvalue weighted by Gasteiger charge is 1.86. The number of nitrogens with two attached hydrogens (primary N) is 1. The Bertz CT molecular complexity index is 338. The van der Waals surface area contributed by atoms with Crippen LogP contribution >= 0.6 is 0 Å². The van der Waals surface area contributed by atoms with Gasteiger partial charge in [-0.2, -0.15) is 0 Å². The maximum Gasteiger partial charge on any atom is 0.00174 e. The minimum absolute atomic E-state index is 0.990. The van der Waals surface area contributed by atoms with E-state index in [2.05, 4.69) is 25.6 Å². The number of benzene rings is 1. The molecular weight excluding hydrogens is 134 g/mol. The van der Waals surface area contributed by atoms with Gasteiger partial charge in [-0.25, -0.2) is 0 Å². The smallest absolute Gasteiger partial charge is 0.00174 e. The van der Waals surface area contributed by atoms with Gasteiger partial charge in [-0.15, -0.1) is 0 Å². The first-order valence-corrected chi connectivity index (χ1v) is 3.77. The molecule has 58 valence electrons. The Kier molecular flexibility index (Phi) is 2.32. The molecule has 11 heavy (non-hydrogen) atoms. The van der Waals surface area contributed by atoms with Crippen LogP contribution in [0.5, 0.6) is 0 Å². The number of hydrogen-bond donors (Lipinski definition) is 1. The van der Waals surface area contributed by atoms with Gasteiger partial charge >= 0.3 is 0 Å². The van der Waals surface area contributed by atoms with E-state index in [1.165, 1.54) is 5.56 Å². The van der Waals surface area contributed by atoms with Gasteiger partial charge in [0.15, 0.2) is 0 Å². The standard InChI is InChI=1S/C10H13N/c1-3-9-5-4-8(2)10(6-9)7-11/h4-7H,2-3,11H2,1H3/b10-7-.